The van der Waals surface area contributed by atoms with Gasteiger partial charge in [-0.2, -0.15) is 0 Å². The van der Waals surface area contributed by atoms with Gasteiger partial charge in [0, 0.05) is 6.61 Å². The van der Waals surface area contributed by atoms with E-state index in [1.54, 1.807) is 0 Å². The summed E-state index contributed by atoms with van der Waals surface area (Å²) in [6.45, 7) is 4.97. The van der Waals surface area contributed by atoms with Crippen LogP contribution >= 0.6 is 0 Å². The molecule has 1 unspecified atom stereocenters. The maximum atomic E-state index is 5.44. The van der Waals surface area contributed by atoms with E-state index < -0.39 is 0 Å². The zero-order valence-corrected chi connectivity index (χ0v) is 9.67. The molecule has 1 fully saturated rings. The van der Waals surface area contributed by atoms with Gasteiger partial charge >= 0.3 is 0 Å². The summed E-state index contributed by atoms with van der Waals surface area (Å²) in [5, 5.41) is 0. The topological polar surface area (TPSA) is 9.23 Å². The fraction of sp³-hybridized carbons (Fsp3) is 0.846. The monoisotopic (exact) mass is 196 g/mol. The van der Waals surface area contributed by atoms with Gasteiger partial charge in [0.05, 0.1) is 6.10 Å². The zero-order chi connectivity index (χ0) is 10.2. The molecule has 1 heteroatoms. The smallest absolute Gasteiger partial charge is 0.0727 e. The molecule has 0 radical (unpaired) electrons. The van der Waals surface area contributed by atoms with E-state index in [0.717, 1.165) is 12.5 Å². The first kappa shape index (κ1) is 11.8. The molecule has 1 saturated carbocycles. The zero-order valence-electron chi connectivity index (χ0n) is 9.67. The van der Waals surface area contributed by atoms with Gasteiger partial charge in [-0.1, -0.05) is 44.3 Å². The molecular formula is C13H24O. The molecule has 0 aromatic carbocycles. The van der Waals surface area contributed by atoms with Gasteiger partial charge < -0.3 is 4.74 Å². The van der Waals surface area contributed by atoms with Gasteiger partial charge in [0.25, 0.3) is 0 Å². The molecule has 1 aliphatic carbocycles. The number of hydrogen-bond donors (Lipinski definition) is 0. The van der Waals surface area contributed by atoms with Crippen LogP contribution in [0.15, 0.2) is 12.2 Å². The van der Waals surface area contributed by atoms with Crippen molar-refractivity contribution in [3.05, 3.63) is 12.2 Å². The van der Waals surface area contributed by atoms with Crippen LogP contribution in [0, 0.1) is 5.92 Å². The number of ether oxygens (including phenoxy) is 1. The quantitative estimate of drug-likeness (QED) is 0.605. The first-order valence-corrected chi connectivity index (χ1v) is 6.11. The molecule has 1 atom stereocenters. The van der Waals surface area contributed by atoms with Crippen LogP contribution in [0.4, 0.5) is 0 Å². The second-order valence-corrected chi connectivity index (χ2v) is 4.33. The SMILES string of the molecule is CCOC(C)/C=C/CC1CCCCC1. The lowest BCUT2D eigenvalue weighted by Crippen LogP contribution is -2.06. The molecule has 0 saturated heterocycles. The molecule has 14 heavy (non-hydrogen) atoms. The van der Waals surface area contributed by atoms with Crippen molar-refractivity contribution in [2.24, 2.45) is 5.92 Å². The van der Waals surface area contributed by atoms with Gasteiger partial charge in [-0.15, -0.1) is 0 Å². The minimum atomic E-state index is 0.295. The van der Waals surface area contributed by atoms with Gasteiger partial charge in [0.1, 0.15) is 0 Å². The van der Waals surface area contributed by atoms with Crippen molar-refractivity contribution < 1.29 is 4.74 Å². The lowest BCUT2D eigenvalue weighted by atomic mass is 9.87. The van der Waals surface area contributed by atoms with E-state index in [0.29, 0.717) is 6.10 Å². The number of hydrogen-bond acceptors (Lipinski definition) is 1. The van der Waals surface area contributed by atoms with Gasteiger partial charge in [-0.25, -0.2) is 0 Å². The molecule has 0 N–H and O–H groups in total. The Bertz CT molecular complexity index is 157. The highest BCUT2D eigenvalue weighted by molar-refractivity contribution is 4.89. The maximum Gasteiger partial charge on any atom is 0.0727 e. The maximum absolute atomic E-state index is 5.44. The van der Waals surface area contributed by atoms with Crippen LogP contribution in [-0.2, 0) is 4.74 Å². The normalized spacial score (nSPS) is 21.6. The average molecular weight is 196 g/mol. The third kappa shape index (κ3) is 4.80. The Kier molecular flexibility index (Phi) is 5.93. The van der Waals surface area contributed by atoms with E-state index in [4.69, 9.17) is 4.74 Å². The molecule has 0 amide bonds. The lowest BCUT2D eigenvalue weighted by Gasteiger charge is -2.19. The summed E-state index contributed by atoms with van der Waals surface area (Å²) in [6.07, 6.45) is 13.3. The minimum Gasteiger partial charge on any atom is -0.375 e. The molecule has 1 nitrogen and oxygen atoms in total. The lowest BCUT2D eigenvalue weighted by molar-refractivity contribution is 0.109. The molecule has 0 aliphatic heterocycles. The summed E-state index contributed by atoms with van der Waals surface area (Å²) in [5.41, 5.74) is 0. The molecule has 82 valence electrons. The molecule has 1 rings (SSSR count). The predicted molar refractivity (Wildman–Crippen MR) is 61.4 cm³/mol. The number of rotatable bonds is 5. The van der Waals surface area contributed by atoms with Gasteiger partial charge in [0.15, 0.2) is 0 Å². The summed E-state index contributed by atoms with van der Waals surface area (Å²) in [6, 6.07) is 0. The Balaban J connectivity index is 2.11. The second-order valence-electron chi connectivity index (χ2n) is 4.33. The van der Waals surface area contributed by atoms with Crippen molar-refractivity contribution in [3.8, 4) is 0 Å². The van der Waals surface area contributed by atoms with Crippen molar-refractivity contribution in [2.45, 2.75) is 58.5 Å². The van der Waals surface area contributed by atoms with Crippen molar-refractivity contribution in [1.82, 2.24) is 0 Å². The van der Waals surface area contributed by atoms with Crippen LogP contribution in [0.1, 0.15) is 52.4 Å². The van der Waals surface area contributed by atoms with Gasteiger partial charge in [0.2, 0.25) is 0 Å². The summed E-state index contributed by atoms with van der Waals surface area (Å²) in [4.78, 5) is 0. The average Bonchev–Trinajstić information content (AvgIpc) is 2.20. The fourth-order valence-electron chi connectivity index (χ4n) is 2.20. The highest BCUT2D eigenvalue weighted by Gasteiger charge is 2.11. The standard InChI is InChI=1S/C13H24O/c1-3-14-12(2)8-7-11-13-9-5-4-6-10-13/h7-8,12-13H,3-6,9-11H2,1-2H3/b8-7+. The van der Waals surface area contributed by atoms with Gasteiger partial charge in [-0.05, 0) is 26.2 Å². The largest absolute Gasteiger partial charge is 0.375 e. The van der Waals surface area contributed by atoms with E-state index in [-0.39, 0.29) is 0 Å². The van der Waals surface area contributed by atoms with Crippen molar-refractivity contribution in [1.29, 1.82) is 0 Å². The number of allylic oxidation sites excluding steroid dienone is 1. The molecule has 0 bridgehead atoms. The Morgan fingerprint density at radius 3 is 2.64 bits per heavy atom. The Morgan fingerprint density at radius 2 is 2.00 bits per heavy atom. The molecule has 0 spiro atoms. The summed E-state index contributed by atoms with van der Waals surface area (Å²) in [5.74, 6) is 0.953. The summed E-state index contributed by atoms with van der Waals surface area (Å²) < 4.78 is 5.44. The third-order valence-electron chi connectivity index (χ3n) is 3.03. The first-order chi connectivity index (χ1) is 6.83. The Hall–Kier alpha value is -0.300. The van der Waals surface area contributed by atoms with Crippen LogP contribution in [0.25, 0.3) is 0 Å². The van der Waals surface area contributed by atoms with Gasteiger partial charge in [-0.3, -0.25) is 0 Å². The molecular weight excluding hydrogens is 172 g/mol. The highest BCUT2D eigenvalue weighted by Crippen LogP contribution is 2.26. The highest BCUT2D eigenvalue weighted by atomic mass is 16.5. The fourth-order valence-corrected chi connectivity index (χ4v) is 2.20. The molecule has 1 aliphatic rings. The van der Waals surface area contributed by atoms with Crippen LogP contribution in [0.2, 0.25) is 0 Å². The van der Waals surface area contributed by atoms with Crippen molar-refractivity contribution in [3.63, 3.8) is 0 Å². The molecule has 0 heterocycles. The van der Waals surface area contributed by atoms with E-state index in [2.05, 4.69) is 19.1 Å². The molecule has 0 aromatic heterocycles. The van der Waals surface area contributed by atoms with E-state index in [9.17, 15) is 0 Å². The van der Waals surface area contributed by atoms with Crippen molar-refractivity contribution in [2.75, 3.05) is 6.61 Å². The molecule has 0 aromatic rings. The van der Waals surface area contributed by atoms with Crippen LogP contribution < -0.4 is 0 Å². The van der Waals surface area contributed by atoms with E-state index in [1.807, 2.05) is 6.92 Å². The summed E-state index contributed by atoms with van der Waals surface area (Å²) >= 11 is 0. The van der Waals surface area contributed by atoms with E-state index in [1.165, 1.54) is 38.5 Å². The summed E-state index contributed by atoms with van der Waals surface area (Å²) in [7, 11) is 0. The Morgan fingerprint density at radius 1 is 1.29 bits per heavy atom. The second kappa shape index (κ2) is 7.05. The van der Waals surface area contributed by atoms with Crippen LogP contribution in [0.3, 0.4) is 0 Å². The van der Waals surface area contributed by atoms with Crippen molar-refractivity contribution >= 4 is 0 Å². The Labute approximate surface area is 88.5 Å². The van der Waals surface area contributed by atoms with E-state index >= 15 is 0 Å². The minimum absolute atomic E-state index is 0.295. The first-order valence-electron chi connectivity index (χ1n) is 6.11. The van der Waals surface area contributed by atoms with Crippen LogP contribution in [0.5, 0.6) is 0 Å². The third-order valence-corrected chi connectivity index (χ3v) is 3.03. The van der Waals surface area contributed by atoms with Crippen LogP contribution in [-0.4, -0.2) is 12.7 Å². The predicted octanol–water partition coefficient (Wildman–Crippen LogP) is 3.94.